The van der Waals surface area contributed by atoms with Gasteiger partial charge in [0.05, 0.1) is 0 Å². The fourth-order valence-corrected chi connectivity index (χ4v) is 3.21. The summed E-state index contributed by atoms with van der Waals surface area (Å²) in [4.78, 5) is 2.57. The zero-order chi connectivity index (χ0) is 13.1. The van der Waals surface area contributed by atoms with Crippen LogP contribution >= 0.6 is 0 Å². The lowest BCUT2D eigenvalue weighted by molar-refractivity contribution is 0.605. The first-order chi connectivity index (χ1) is 8.65. The number of rotatable bonds is 5. The van der Waals surface area contributed by atoms with E-state index < -0.39 is 0 Å². The first-order valence-electron chi connectivity index (χ1n) is 7.18. The molecule has 1 unspecified atom stereocenters. The first-order valence-corrected chi connectivity index (χ1v) is 7.18. The van der Waals surface area contributed by atoms with Crippen molar-refractivity contribution in [2.24, 2.45) is 0 Å². The fourth-order valence-electron chi connectivity index (χ4n) is 3.21. The van der Waals surface area contributed by atoms with Crippen molar-refractivity contribution in [2.45, 2.75) is 52.1 Å². The molecule has 2 nitrogen and oxygen atoms in total. The van der Waals surface area contributed by atoms with E-state index in [1.165, 1.54) is 24.9 Å². The molecule has 2 heteroatoms. The number of hydrogen-bond donors (Lipinski definition) is 1. The lowest BCUT2D eigenvalue weighted by Crippen LogP contribution is -2.35. The summed E-state index contributed by atoms with van der Waals surface area (Å²) < 4.78 is 0. The minimum Gasteiger partial charge on any atom is -0.366 e. The quantitative estimate of drug-likeness (QED) is 0.804. The van der Waals surface area contributed by atoms with Crippen LogP contribution in [0.4, 0.5) is 5.69 Å². The van der Waals surface area contributed by atoms with Crippen LogP contribution in [0.15, 0.2) is 18.2 Å². The molecule has 1 aliphatic rings. The van der Waals surface area contributed by atoms with Crippen LogP contribution in [0.2, 0.25) is 0 Å². The highest BCUT2D eigenvalue weighted by molar-refractivity contribution is 5.62. The van der Waals surface area contributed by atoms with Crippen LogP contribution in [0.3, 0.4) is 0 Å². The molecule has 0 saturated carbocycles. The summed E-state index contributed by atoms with van der Waals surface area (Å²) >= 11 is 0. The molecule has 0 aliphatic carbocycles. The van der Waals surface area contributed by atoms with Crippen molar-refractivity contribution in [1.82, 2.24) is 5.32 Å². The van der Waals surface area contributed by atoms with E-state index in [1.807, 2.05) is 7.05 Å². The highest BCUT2D eigenvalue weighted by Gasteiger charge is 2.28. The van der Waals surface area contributed by atoms with E-state index >= 15 is 0 Å². The predicted molar refractivity (Wildman–Crippen MR) is 79.5 cm³/mol. The van der Waals surface area contributed by atoms with Gasteiger partial charge in [0.15, 0.2) is 0 Å². The Morgan fingerprint density at radius 3 is 2.83 bits per heavy atom. The summed E-state index contributed by atoms with van der Waals surface area (Å²) in [6.45, 7) is 8.03. The number of hydrogen-bond acceptors (Lipinski definition) is 2. The molecule has 0 aromatic heterocycles. The topological polar surface area (TPSA) is 15.3 Å². The Balaban J connectivity index is 2.21. The lowest BCUT2D eigenvalue weighted by atomic mass is 9.99. The minimum absolute atomic E-state index is 0.591. The molecule has 0 spiro atoms. The molecule has 1 aromatic rings. The van der Waals surface area contributed by atoms with Gasteiger partial charge in [-0.2, -0.15) is 0 Å². The van der Waals surface area contributed by atoms with Gasteiger partial charge in [-0.25, -0.2) is 0 Å². The lowest BCUT2D eigenvalue weighted by Gasteiger charge is -2.29. The van der Waals surface area contributed by atoms with Crippen molar-refractivity contribution >= 4 is 5.69 Å². The van der Waals surface area contributed by atoms with Crippen molar-refractivity contribution in [3.05, 3.63) is 29.3 Å². The van der Waals surface area contributed by atoms with Crippen molar-refractivity contribution in [3.8, 4) is 0 Å². The molecule has 0 radical (unpaired) electrons. The fraction of sp³-hybridized carbons (Fsp3) is 0.625. The Hall–Kier alpha value is -1.02. The van der Waals surface area contributed by atoms with Crippen LogP contribution in [0.5, 0.6) is 0 Å². The van der Waals surface area contributed by atoms with Gasteiger partial charge in [0, 0.05) is 17.8 Å². The number of benzene rings is 1. The Bertz CT molecular complexity index is 398. The molecule has 1 atom stereocenters. The van der Waals surface area contributed by atoms with Gasteiger partial charge in [-0.1, -0.05) is 12.1 Å². The molecular formula is C16H26N2. The largest absolute Gasteiger partial charge is 0.366 e. The highest BCUT2D eigenvalue weighted by atomic mass is 15.2. The van der Waals surface area contributed by atoms with E-state index in [1.54, 1.807) is 11.1 Å². The molecule has 0 amide bonds. The standard InChI is InChI=1S/C16H26N2/c1-12(2)18-13(3)11-15-14(8-6-10-17-4)7-5-9-16(15)18/h5,7,9,12-13,17H,6,8,10-11H2,1-4H3. The summed E-state index contributed by atoms with van der Waals surface area (Å²) in [5.74, 6) is 0. The second-order valence-electron chi connectivity index (χ2n) is 5.68. The van der Waals surface area contributed by atoms with Gasteiger partial charge >= 0.3 is 0 Å². The summed E-state index contributed by atoms with van der Waals surface area (Å²) in [7, 11) is 2.03. The molecule has 1 N–H and O–H groups in total. The van der Waals surface area contributed by atoms with Crippen LogP contribution in [-0.2, 0) is 12.8 Å². The highest BCUT2D eigenvalue weighted by Crippen LogP contribution is 2.36. The van der Waals surface area contributed by atoms with E-state index in [-0.39, 0.29) is 0 Å². The Morgan fingerprint density at radius 2 is 2.17 bits per heavy atom. The smallest absolute Gasteiger partial charge is 0.0407 e. The molecule has 0 fully saturated rings. The SMILES string of the molecule is CNCCCc1cccc2c1CC(C)N2C(C)C. The molecule has 0 bridgehead atoms. The molecule has 1 heterocycles. The molecule has 100 valence electrons. The summed E-state index contributed by atoms with van der Waals surface area (Å²) in [5.41, 5.74) is 4.62. The molecule has 18 heavy (non-hydrogen) atoms. The van der Waals surface area contributed by atoms with E-state index in [0.717, 1.165) is 6.54 Å². The minimum atomic E-state index is 0.591. The maximum Gasteiger partial charge on any atom is 0.0407 e. The third-order valence-electron chi connectivity index (χ3n) is 3.93. The van der Waals surface area contributed by atoms with Gasteiger partial charge in [0.1, 0.15) is 0 Å². The van der Waals surface area contributed by atoms with Crippen molar-refractivity contribution in [2.75, 3.05) is 18.5 Å². The van der Waals surface area contributed by atoms with Gasteiger partial charge in [-0.05, 0) is 70.8 Å². The van der Waals surface area contributed by atoms with Crippen molar-refractivity contribution in [1.29, 1.82) is 0 Å². The van der Waals surface area contributed by atoms with Gasteiger partial charge in [0.25, 0.3) is 0 Å². The van der Waals surface area contributed by atoms with Crippen LogP contribution in [-0.4, -0.2) is 25.7 Å². The van der Waals surface area contributed by atoms with Crippen molar-refractivity contribution in [3.63, 3.8) is 0 Å². The average molecular weight is 246 g/mol. The molecule has 0 saturated heterocycles. The van der Waals surface area contributed by atoms with Crippen LogP contribution < -0.4 is 10.2 Å². The third-order valence-corrected chi connectivity index (χ3v) is 3.93. The molecule has 2 rings (SSSR count). The van der Waals surface area contributed by atoms with Gasteiger partial charge < -0.3 is 10.2 Å². The monoisotopic (exact) mass is 246 g/mol. The third kappa shape index (κ3) is 2.54. The molecule has 1 aliphatic heterocycles. The van der Waals surface area contributed by atoms with Gasteiger partial charge in [-0.15, -0.1) is 0 Å². The Morgan fingerprint density at radius 1 is 1.39 bits per heavy atom. The van der Waals surface area contributed by atoms with E-state index in [9.17, 15) is 0 Å². The van der Waals surface area contributed by atoms with Crippen LogP contribution in [0.25, 0.3) is 0 Å². The van der Waals surface area contributed by atoms with E-state index in [2.05, 4.69) is 49.2 Å². The number of fused-ring (bicyclic) bond motifs is 1. The maximum atomic E-state index is 3.23. The Kier molecular flexibility index (Phi) is 4.28. The second kappa shape index (κ2) is 5.75. The van der Waals surface area contributed by atoms with Crippen LogP contribution in [0, 0.1) is 0 Å². The average Bonchev–Trinajstić information content (AvgIpc) is 2.66. The Labute approximate surface area is 111 Å². The number of nitrogens with zero attached hydrogens (tertiary/aromatic N) is 1. The number of aryl methyl sites for hydroxylation is 1. The van der Waals surface area contributed by atoms with Gasteiger partial charge in [0.2, 0.25) is 0 Å². The summed E-state index contributed by atoms with van der Waals surface area (Å²) in [6.07, 6.45) is 3.63. The van der Waals surface area contributed by atoms with Crippen molar-refractivity contribution < 1.29 is 0 Å². The zero-order valence-electron chi connectivity index (χ0n) is 12.2. The molecular weight excluding hydrogens is 220 g/mol. The zero-order valence-corrected chi connectivity index (χ0v) is 12.2. The maximum absolute atomic E-state index is 3.23. The second-order valence-corrected chi connectivity index (χ2v) is 5.68. The predicted octanol–water partition coefficient (Wildman–Crippen LogP) is 3.00. The van der Waals surface area contributed by atoms with Crippen LogP contribution in [0.1, 0.15) is 38.3 Å². The normalized spacial score (nSPS) is 18.5. The van der Waals surface area contributed by atoms with E-state index in [0.29, 0.717) is 12.1 Å². The van der Waals surface area contributed by atoms with Gasteiger partial charge in [-0.3, -0.25) is 0 Å². The number of anilines is 1. The van der Waals surface area contributed by atoms with E-state index in [4.69, 9.17) is 0 Å². The first kappa shape index (κ1) is 13.4. The molecule has 1 aromatic carbocycles. The number of nitrogens with one attached hydrogen (secondary N) is 1. The summed E-state index contributed by atoms with van der Waals surface area (Å²) in [6, 6.07) is 8.06. The summed E-state index contributed by atoms with van der Waals surface area (Å²) in [5, 5.41) is 3.23.